The summed E-state index contributed by atoms with van der Waals surface area (Å²) in [4.78, 5) is 18.8. The molecule has 11 heteroatoms. The molecule has 0 bridgehead atoms. The SMILES string of the molecule is CCCCc1ccc(Nc2ncnc(Nc3ccc(Cl)c(C(F)(F)F)c3)c2[N+](=O)[O-])cc1. The fourth-order valence-electron chi connectivity index (χ4n) is 2.96. The summed E-state index contributed by atoms with van der Waals surface area (Å²) in [5.74, 6) is -0.360. The van der Waals surface area contributed by atoms with Crippen molar-refractivity contribution in [3.8, 4) is 0 Å². The van der Waals surface area contributed by atoms with Crippen LogP contribution in [0.1, 0.15) is 30.9 Å². The first-order chi connectivity index (χ1) is 15.2. The normalized spacial score (nSPS) is 11.3. The van der Waals surface area contributed by atoms with E-state index in [9.17, 15) is 23.3 Å². The third-order valence-corrected chi connectivity index (χ3v) is 4.90. The summed E-state index contributed by atoms with van der Waals surface area (Å²) in [7, 11) is 0. The van der Waals surface area contributed by atoms with Gasteiger partial charge in [-0.05, 0) is 48.7 Å². The van der Waals surface area contributed by atoms with Gasteiger partial charge in [-0.3, -0.25) is 10.1 Å². The zero-order valence-corrected chi connectivity index (χ0v) is 17.7. The molecular formula is C21H19ClF3N5O2. The minimum atomic E-state index is -4.68. The molecule has 0 aliphatic heterocycles. The zero-order valence-electron chi connectivity index (χ0n) is 16.9. The monoisotopic (exact) mass is 465 g/mol. The highest BCUT2D eigenvalue weighted by Gasteiger charge is 2.33. The smallest absolute Gasteiger partial charge is 0.334 e. The van der Waals surface area contributed by atoms with Gasteiger partial charge < -0.3 is 10.6 Å². The second-order valence-electron chi connectivity index (χ2n) is 6.92. The number of benzene rings is 2. The van der Waals surface area contributed by atoms with Crippen LogP contribution in [-0.2, 0) is 12.6 Å². The second-order valence-corrected chi connectivity index (χ2v) is 7.33. The maximum absolute atomic E-state index is 13.1. The number of aryl methyl sites for hydroxylation is 1. The predicted molar refractivity (Wildman–Crippen MR) is 117 cm³/mol. The molecule has 2 N–H and O–H groups in total. The van der Waals surface area contributed by atoms with E-state index >= 15 is 0 Å². The number of anilines is 4. The quantitative estimate of drug-likeness (QED) is 0.278. The lowest BCUT2D eigenvalue weighted by atomic mass is 10.1. The molecule has 0 saturated carbocycles. The highest BCUT2D eigenvalue weighted by atomic mass is 35.5. The number of nitrogens with one attached hydrogen (secondary N) is 2. The van der Waals surface area contributed by atoms with Crippen LogP contribution < -0.4 is 10.6 Å². The number of rotatable bonds is 8. The van der Waals surface area contributed by atoms with Crippen molar-refractivity contribution in [3.63, 3.8) is 0 Å². The lowest BCUT2D eigenvalue weighted by Gasteiger charge is -2.13. The van der Waals surface area contributed by atoms with Gasteiger partial charge >= 0.3 is 11.9 Å². The fourth-order valence-corrected chi connectivity index (χ4v) is 3.19. The third-order valence-electron chi connectivity index (χ3n) is 4.58. The predicted octanol–water partition coefficient (Wildman–Crippen LogP) is 6.89. The number of unbranched alkanes of at least 4 members (excludes halogenated alkanes) is 1. The molecule has 7 nitrogen and oxygen atoms in total. The standard InChI is InChI=1S/C21H19ClF3N5O2/c1-2-3-4-13-5-7-14(8-6-13)28-19-18(30(31)32)20(27-12-26-19)29-15-9-10-17(22)16(11-15)21(23,24)25/h5-12H,2-4H2,1H3,(H2,26,27,28,29). The minimum Gasteiger partial charge on any atom is -0.334 e. The first-order valence-corrected chi connectivity index (χ1v) is 10.1. The van der Waals surface area contributed by atoms with Crippen LogP contribution in [-0.4, -0.2) is 14.9 Å². The van der Waals surface area contributed by atoms with Gasteiger partial charge in [0.1, 0.15) is 6.33 Å². The first-order valence-electron chi connectivity index (χ1n) is 9.68. The van der Waals surface area contributed by atoms with Gasteiger partial charge in [0.05, 0.1) is 15.5 Å². The molecule has 0 radical (unpaired) electrons. The molecule has 168 valence electrons. The van der Waals surface area contributed by atoms with Crippen molar-refractivity contribution in [2.45, 2.75) is 32.4 Å². The van der Waals surface area contributed by atoms with E-state index in [0.29, 0.717) is 5.69 Å². The number of aromatic nitrogens is 2. The van der Waals surface area contributed by atoms with Crippen LogP contribution in [0.4, 0.5) is 41.9 Å². The van der Waals surface area contributed by atoms with Crippen LogP contribution in [0.3, 0.4) is 0 Å². The molecule has 2 aromatic carbocycles. The van der Waals surface area contributed by atoms with Crippen LogP contribution in [0.25, 0.3) is 0 Å². The van der Waals surface area contributed by atoms with Crippen LogP contribution in [0.5, 0.6) is 0 Å². The zero-order chi connectivity index (χ0) is 23.3. The summed E-state index contributed by atoms with van der Waals surface area (Å²) in [6.45, 7) is 2.10. The molecule has 0 unspecified atom stereocenters. The molecule has 0 aliphatic carbocycles. The number of nitro groups is 1. The Labute approximate surface area is 186 Å². The van der Waals surface area contributed by atoms with Crippen LogP contribution >= 0.6 is 11.6 Å². The summed E-state index contributed by atoms with van der Waals surface area (Å²) in [5.41, 5.74) is 0.0761. The van der Waals surface area contributed by atoms with Gasteiger partial charge in [0.25, 0.3) is 0 Å². The summed E-state index contributed by atoms with van der Waals surface area (Å²) < 4.78 is 39.4. The van der Waals surface area contributed by atoms with E-state index in [1.807, 2.05) is 12.1 Å². The topological polar surface area (TPSA) is 93.0 Å². The van der Waals surface area contributed by atoms with Gasteiger partial charge in [0.15, 0.2) is 0 Å². The average molecular weight is 466 g/mol. The number of nitrogens with zero attached hydrogens (tertiary/aromatic N) is 3. The lowest BCUT2D eigenvalue weighted by molar-refractivity contribution is -0.383. The van der Waals surface area contributed by atoms with Gasteiger partial charge in [0.2, 0.25) is 11.6 Å². The average Bonchev–Trinajstić information content (AvgIpc) is 2.74. The van der Waals surface area contributed by atoms with Gasteiger partial charge in [-0.15, -0.1) is 0 Å². The van der Waals surface area contributed by atoms with Gasteiger partial charge in [0, 0.05) is 11.4 Å². The number of hydrogen-bond donors (Lipinski definition) is 2. The highest BCUT2D eigenvalue weighted by molar-refractivity contribution is 6.31. The van der Waals surface area contributed by atoms with E-state index in [2.05, 4.69) is 27.5 Å². The maximum atomic E-state index is 13.1. The summed E-state index contributed by atoms with van der Waals surface area (Å²) in [6, 6.07) is 10.5. The molecule has 32 heavy (non-hydrogen) atoms. The number of halogens is 4. The fraction of sp³-hybridized carbons (Fsp3) is 0.238. The van der Waals surface area contributed by atoms with Crippen molar-refractivity contribution in [1.29, 1.82) is 0 Å². The van der Waals surface area contributed by atoms with Gasteiger partial charge in [-0.1, -0.05) is 37.1 Å². The Morgan fingerprint density at radius 2 is 1.62 bits per heavy atom. The van der Waals surface area contributed by atoms with E-state index in [0.717, 1.165) is 43.3 Å². The molecule has 0 amide bonds. The number of alkyl halides is 3. The molecular weight excluding hydrogens is 447 g/mol. The molecule has 0 aliphatic rings. The maximum Gasteiger partial charge on any atom is 0.417 e. The Balaban J connectivity index is 1.89. The molecule has 0 spiro atoms. The first kappa shape index (κ1) is 23.3. The molecule has 1 heterocycles. The van der Waals surface area contributed by atoms with Crippen molar-refractivity contribution in [3.05, 3.63) is 75.1 Å². The van der Waals surface area contributed by atoms with E-state index < -0.39 is 27.4 Å². The van der Waals surface area contributed by atoms with Crippen molar-refractivity contribution < 1.29 is 18.1 Å². The Kier molecular flexibility index (Phi) is 7.14. The molecule has 3 aromatic rings. The molecule has 0 fully saturated rings. The Bertz CT molecular complexity index is 1110. The molecule has 1 aromatic heterocycles. The van der Waals surface area contributed by atoms with Crippen LogP contribution in [0.2, 0.25) is 5.02 Å². The van der Waals surface area contributed by atoms with E-state index in [-0.39, 0.29) is 17.3 Å². The van der Waals surface area contributed by atoms with Crippen molar-refractivity contribution in [2.75, 3.05) is 10.6 Å². The molecule has 0 atom stereocenters. The van der Waals surface area contributed by atoms with Crippen molar-refractivity contribution in [2.24, 2.45) is 0 Å². The second kappa shape index (κ2) is 9.82. The Morgan fingerprint density at radius 1 is 1.03 bits per heavy atom. The van der Waals surface area contributed by atoms with Crippen molar-refractivity contribution in [1.82, 2.24) is 9.97 Å². The van der Waals surface area contributed by atoms with E-state index in [1.54, 1.807) is 12.1 Å². The Morgan fingerprint density at radius 3 is 2.19 bits per heavy atom. The Hall–Kier alpha value is -3.40. The number of hydrogen-bond acceptors (Lipinski definition) is 6. The highest BCUT2D eigenvalue weighted by Crippen LogP contribution is 2.38. The molecule has 3 rings (SSSR count). The summed E-state index contributed by atoms with van der Waals surface area (Å²) in [5, 5.41) is 16.7. The largest absolute Gasteiger partial charge is 0.417 e. The summed E-state index contributed by atoms with van der Waals surface area (Å²) in [6.07, 6.45) is -0.545. The van der Waals surface area contributed by atoms with Crippen molar-refractivity contribution >= 4 is 40.3 Å². The lowest BCUT2D eigenvalue weighted by Crippen LogP contribution is -2.08. The van der Waals surface area contributed by atoms with Gasteiger partial charge in [-0.25, -0.2) is 9.97 Å². The third kappa shape index (κ3) is 5.64. The van der Waals surface area contributed by atoms with E-state index in [1.165, 1.54) is 6.07 Å². The van der Waals surface area contributed by atoms with Crippen LogP contribution in [0, 0.1) is 10.1 Å². The van der Waals surface area contributed by atoms with E-state index in [4.69, 9.17) is 11.6 Å². The summed E-state index contributed by atoms with van der Waals surface area (Å²) >= 11 is 5.63. The van der Waals surface area contributed by atoms with Crippen LogP contribution in [0.15, 0.2) is 48.8 Å². The minimum absolute atomic E-state index is 0.0604. The molecule has 0 saturated heterocycles. The van der Waals surface area contributed by atoms with Gasteiger partial charge in [-0.2, -0.15) is 13.2 Å².